The second-order valence-corrected chi connectivity index (χ2v) is 15.7. The van der Waals surface area contributed by atoms with Crippen molar-refractivity contribution in [3.8, 4) is 0 Å². The molecule has 2 aromatic rings. The van der Waals surface area contributed by atoms with E-state index in [0.717, 1.165) is 6.20 Å². The van der Waals surface area contributed by atoms with E-state index >= 15 is 0 Å². The van der Waals surface area contributed by atoms with Gasteiger partial charge >= 0.3 is 24.5 Å². The molecule has 276 valence electrons. The van der Waals surface area contributed by atoms with Crippen molar-refractivity contribution in [2.24, 2.45) is 0 Å². The highest BCUT2D eigenvalue weighted by molar-refractivity contribution is 14.1. The van der Waals surface area contributed by atoms with Crippen LogP contribution in [0.25, 0.3) is 0 Å². The number of rotatable bonds is 1. The topological polar surface area (TPSA) is 169 Å². The number of amides is 2. The number of pyridine rings is 2. The van der Waals surface area contributed by atoms with E-state index in [1.54, 1.807) is 83.1 Å². The van der Waals surface area contributed by atoms with Gasteiger partial charge in [-0.15, -0.1) is 0 Å². The molecule has 0 aliphatic rings. The van der Waals surface area contributed by atoms with Gasteiger partial charge < -0.3 is 29.4 Å². The molecular weight excluding hydrogens is 890 g/mol. The average molecular weight is 930 g/mol. The molecule has 0 bridgehead atoms. The predicted octanol–water partition coefficient (Wildman–Crippen LogP) is 9.06. The van der Waals surface area contributed by atoms with Gasteiger partial charge in [-0.05, 0) is 128 Å². The largest absolute Gasteiger partial charge is 0.519 e. The molecule has 0 radical (unpaired) electrons. The SMILES string of the molecule is CC(C)(C)OC(=O)N(C(=O)OC(C)(C)C)c1ncc(F)c(I)c1F.CC(C)(C)OC(=O)OC(=O)OC(C)(C)C.Nc1ncc(F)c(I)c1F. The molecule has 0 aromatic carbocycles. The third-order valence-corrected chi connectivity index (χ3v) is 6.13. The van der Waals surface area contributed by atoms with Crippen LogP contribution in [-0.2, 0) is 23.7 Å². The molecule has 2 amide bonds. The van der Waals surface area contributed by atoms with Crippen molar-refractivity contribution in [2.45, 2.75) is 105 Å². The first kappa shape index (κ1) is 45.8. The van der Waals surface area contributed by atoms with Crippen LogP contribution >= 0.6 is 45.2 Å². The number of carbonyl (C=O) groups is 4. The summed E-state index contributed by atoms with van der Waals surface area (Å²) in [7, 11) is 0. The summed E-state index contributed by atoms with van der Waals surface area (Å²) in [5.41, 5.74) is 1.75. The lowest BCUT2D eigenvalue weighted by molar-refractivity contribution is -0.0294. The third kappa shape index (κ3) is 18.4. The van der Waals surface area contributed by atoms with Crippen molar-refractivity contribution < 1.29 is 60.4 Å². The van der Waals surface area contributed by atoms with Crippen molar-refractivity contribution in [1.82, 2.24) is 9.97 Å². The van der Waals surface area contributed by atoms with E-state index in [1.807, 2.05) is 0 Å². The highest BCUT2D eigenvalue weighted by atomic mass is 127. The summed E-state index contributed by atoms with van der Waals surface area (Å²) in [6, 6.07) is 0. The maximum Gasteiger partial charge on any atom is 0.519 e. The number of ether oxygens (including phenoxy) is 5. The first-order valence-corrected chi connectivity index (χ1v) is 16.1. The third-order valence-electron chi connectivity index (χ3n) is 4.15. The minimum Gasteiger partial charge on any atom is -0.443 e. The van der Waals surface area contributed by atoms with E-state index in [1.165, 1.54) is 45.2 Å². The highest BCUT2D eigenvalue weighted by Gasteiger charge is 2.36. The number of anilines is 2. The first-order valence-electron chi connectivity index (χ1n) is 14.0. The van der Waals surface area contributed by atoms with Gasteiger partial charge in [-0.2, -0.15) is 4.90 Å². The summed E-state index contributed by atoms with van der Waals surface area (Å²) in [5.74, 6) is -4.51. The minimum atomic E-state index is -1.18. The van der Waals surface area contributed by atoms with Crippen molar-refractivity contribution in [2.75, 3.05) is 10.6 Å². The molecule has 0 atom stereocenters. The van der Waals surface area contributed by atoms with Crippen LogP contribution in [0, 0.1) is 30.4 Å². The Kier molecular flexibility index (Phi) is 16.9. The summed E-state index contributed by atoms with van der Waals surface area (Å²) in [4.78, 5) is 53.8. The van der Waals surface area contributed by atoms with E-state index in [0.29, 0.717) is 11.1 Å². The van der Waals surface area contributed by atoms with Crippen molar-refractivity contribution in [1.29, 1.82) is 0 Å². The molecule has 2 aromatic heterocycles. The van der Waals surface area contributed by atoms with Crippen LogP contribution in [0.3, 0.4) is 0 Å². The Labute approximate surface area is 309 Å². The molecule has 0 spiro atoms. The van der Waals surface area contributed by atoms with Gasteiger partial charge in [0.05, 0.1) is 19.5 Å². The molecule has 0 aliphatic carbocycles. The highest BCUT2D eigenvalue weighted by Crippen LogP contribution is 2.27. The molecule has 2 N–H and O–H groups in total. The molecule has 0 saturated heterocycles. The standard InChI is InChI=1S/C15H19F2IN2O4.C10H18O5.C5H3F2IN2/c1-14(2,3)23-12(21)20(13(22)24-15(4,5)6)11-9(17)10(18)8(16)7-19-11;1-9(2,3)14-7(11)13-8(12)15-10(4,5)6;6-2-1-10-5(9)3(7)4(2)8/h7H,1-6H3;1-6H3;1H,(H2,9,10). The first-order chi connectivity index (χ1) is 21.8. The number of halogens is 6. The number of nitrogens with two attached hydrogens (primary N) is 1. The molecular formula is C30H40F4I2N4O9. The van der Waals surface area contributed by atoms with Crippen LogP contribution in [0.1, 0.15) is 83.1 Å². The van der Waals surface area contributed by atoms with Crippen LogP contribution < -0.4 is 10.6 Å². The maximum atomic E-state index is 14.3. The van der Waals surface area contributed by atoms with Crippen LogP contribution in [0.5, 0.6) is 0 Å². The Hall–Kier alpha value is -3.24. The second-order valence-electron chi connectivity index (χ2n) is 13.5. The number of nitrogens with zero attached hydrogens (tertiary/aromatic N) is 3. The Morgan fingerprint density at radius 2 is 0.939 bits per heavy atom. The van der Waals surface area contributed by atoms with Crippen LogP contribution in [0.2, 0.25) is 0 Å². The smallest absolute Gasteiger partial charge is 0.443 e. The van der Waals surface area contributed by atoms with Crippen LogP contribution in [0.15, 0.2) is 12.4 Å². The average Bonchev–Trinajstić information content (AvgIpc) is 2.86. The molecule has 13 nitrogen and oxygen atoms in total. The van der Waals surface area contributed by atoms with Gasteiger partial charge in [0.25, 0.3) is 0 Å². The molecule has 0 unspecified atom stereocenters. The second kappa shape index (κ2) is 18.1. The Bertz CT molecular complexity index is 1420. The Morgan fingerprint density at radius 1 is 0.612 bits per heavy atom. The molecule has 49 heavy (non-hydrogen) atoms. The van der Waals surface area contributed by atoms with Gasteiger partial charge in [-0.25, -0.2) is 46.7 Å². The van der Waals surface area contributed by atoms with E-state index in [9.17, 15) is 36.7 Å². The quantitative estimate of drug-likeness (QED) is 0.0948. The van der Waals surface area contributed by atoms with E-state index in [4.69, 9.17) is 24.7 Å². The number of nitrogen functional groups attached to an aromatic ring is 1. The van der Waals surface area contributed by atoms with Gasteiger partial charge in [0.15, 0.2) is 34.9 Å². The summed E-state index contributed by atoms with van der Waals surface area (Å²) in [6.45, 7) is 19.5. The lowest BCUT2D eigenvalue weighted by atomic mass is 10.2. The Balaban J connectivity index is 0.000000782. The molecule has 0 fully saturated rings. The van der Waals surface area contributed by atoms with Gasteiger partial charge in [0.2, 0.25) is 0 Å². The number of hydrogen-bond acceptors (Lipinski definition) is 12. The molecule has 0 saturated carbocycles. The van der Waals surface area contributed by atoms with E-state index in [-0.39, 0.29) is 9.39 Å². The minimum absolute atomic E-state index is 0.120. The van der Waals surface area contributed by atoms with Crippen LogP contribution in [-0.4, -0.2) is 56.9 Å². The monoisotopic (exact) mass is 930 g/mol. The summed E-state index contributed by atoms with van der Waals surface area (Å²) < 4.78 is 76.2. The number of imide groups is 1. The Morgan fingerprint density at radius 3 is 1.27 bits per heavy atom. The van der Waals surface area contributed by atoms with Gasteiger partial charge in [0, 0.05) is 0 Å². The lowest BCUT2D eigenvalue weighted by Crippen LogP contribution is -2.44. The van der Waals surface area contributed by atoms with Gasteiger partial charge in [0.1, 0.15) is 22.4 Å². The van der Waals surface area contributed by atoms with Crippen molar-refractivity contribution in [3.05, 3.63) is 42.8 Å². The molecule has 2 heterocycles. The molecule has 19 heteroatoms. The fourth-order valence-electron chi connectivity index (χ4n) is 2.52. The predicted molar refractivity (Wildman–Crippen MR) is 187 cm³/mol. The zero-order chi connectivity index (χ0) is 38.9. The molecule has 0 aliphatic heterocycles. The maximum absolute atomic E-state index is 14.3. The van der Waals surface area contributed by atoms with Gasteiger partial charge in [-0.3, -0.25) is 0 Å². The van der Waals surface area contributed by atoms with Gasteiger partial charge in [-0.1, -0.05) is 0 Å². The summed E-state index contributed by atoms with van der Waals surface area (Å²) >= 11 is 2.93. The molecule has 2 rings (SSSR count). The normalized spacial score (nSPS) is 11.5. The fraction of sp³-hybridized carbons (Fsp3) is 0.533. The number of carbonyl (C=O) groups excluding carboxylic acids is 4. The van der Waals surface area contributed by atoms with E-state index < -0.39 is 79.6 Å². The summed E-state index contributed by atoms with van der Waals surface area (Å²) in [5, 5.41) is 0. The number of hydrogen-bond donors (Lipinski definition) is 1. The lowest BCUT2D eigenvalue weighted by Gasteiger charge is -2.28. The van der Waals surface area contributed by atoms with Crippen molar-refractivity contribution in [3.63, 3.8) is 0 Å². The van der Waals surface area contributed by atoms with E-state index in [2.05, 4.69) is 14.7 Å². The zero-order valence-corrected chi connectivity index (χ0v) is 33.3. The number of aromatic nitrogens is 2. The summed E-state index contributed by atoms with van der Waals surface area (Å²) in [6.07, 6.45) is -2.87. The fourth-order valence-corrected chi connectivity index (χ4v) is 3.32. The van der Waals surface area contributed by atoms with Crippen LogP contribution in [0.4, 0.5) is 48.4 Å². The zero-order valence-electron chi connectivity index (χ0n) is 29.0. The van der Waals surface area contributed by atoms with Crippen molar-refractivity contribution >= 4 is 81.3 Å².